The zero-order valence-electron chi connectivity index (χ0n) is 10.5. The van der Waals surface area contributed by atoms with Gasteiger partial charge in [0.15, 0.2) is 5.82 Å². The number of hydrogen-bond acceptors (Lipinski definition) is 2. The van der Waals surface area contributed by atoms with Crippen LogP contribution in [0.2, 0.25) is 5.02 Å². The minimum Gasteiger partial charge on any atom is -0.234 e. The van der Waals surface area contributed by atoms with Crippen molar-refractivity contribution in [2.24, 2.45) is 0 Å². The van der Waals surface area contributed by atoms with Crippen LogP contribution in [0.1, 0.15) is 30.3 Å². The first-order chi connectivity index (χ1) is 8.63. The standard InChI is InChI=1S/C13H15Cl2N3/c1-3-4-11-5-10(7-14)6-13(16-11)18-8-12(15)9(2)17-18/h5-6,8H,3-4,7H2,1-2H3. The summed E-state index contributed by atoms with van der Waals surface area (Å²) in [6.07, 6.45) is 3.76. The van der Waals surface area contributed by atoms with Crippen LogP contribution < -0.4 is 0 Å². The van der Waals surface area contributed by atoms with Gasteiger partial charge in [-0.05, 0) is 31.0 Å². The number of hydrogen-bond donors (Lipinski definition) is 0. The van der Waals surface area contributed by atoms with Crippen molar-refractivity contribution >= 4 is 23.2 Å². The fourth-order valence-corrected chi connectivity index (χ4v) is 2.05. The molecule has 5 heteroatoms. The summed E-state index contributed by atoms with van der Waals surface area (Å²) in [6.45, 7) is 4.00. The molecule has 0 atom stereocenters. The molecule has 0 radical (unpaired) electrons. The number of halogens is 2. The number of aromatic nitrogens is 3. The summed E-state index contributed by atoms with van der Waals surface area (Å²) in [5, 5.41) is 4.98. The summed E-state index contributed by atoms with van der Waals surface area (Å²) in [5.74, 6) is 1.24. The van der Waals surface area contributed by atoms with Crippen LogP contribution >= 0.6 is 23.2 Å². The quantitative estimate of drug-likeness (QED) is 0.797. The monoisotopic (exact) mass is 283 g/mol. The highest BCUT2D eigenvalue weighted by Crippen LogP contribution is 2.18. The third-order valence-electron chi connectivity index (χ3n) is 2.66. The van der Waals surface area contributed by atoms with Crippen molar-refractivity contribution in [1.82, 2.24) is 14.8 Å². The molecule has 0 amide bonds. The summed E-state index contributed by atoms with van der Waals surface area (Å²) in [7, 11) is 0. The molecular weight excluding hydrogens is 269 g/mol. The average Bonchev–Trinajstić information content (AvgIpc) is 2.70. The summed E-state index contributed by atoms with van der Waals surface area (Å²) in [6, 6.07) is 3.98. The van der Waals surface area contributed by atoms with Gasteiger partial charge in [0.1, 0.15) is 0 Å². The topological polar surface area (TPSA) is 30.7 Å². The molecule has 0 fully saturated rings. The van der Waals surface area contributed by atoms with E-state index < -0.39 is 0 Å². The summed E-state index contributed by atoms with van der Waals surface area (Å²) >= 11 is 11.9. The first kappa shape index (κ1) is 13.4. The van der Waals surface area contributed by atoms with E-state index >= 15 is 0 Å². The van der Waals surface area contributed by atoms with Crippen LogP contribution in [0.4, 0.5) is 0 Å². The third kappa shape index (κ3) is 2.85. The minimum absolute atomic E-state index is 0.472. The molecule has 18 heavy (non-hydrogen) atoms. The molecule has 0 unspecified atom stereocenters. The zero-order chi connectivity index (χ0) is 13.1. The Morgan fingerprint density at radius 2 is 2.11 bits per heavy atom. The van der Waals surface area contributed by atoms with E-state index in [0.29, 0.717) is 10.9 Å². The van der Waals surface area contributed by atoms with E-state index in [-0.39, 0.29) is 0 Å². The summed E-state index contributed by atoms with van der Waals surface area (Å²) in [5.41, 5.74) is 2.89. The van der Waals surface area contributed by atoms with E-state index in [9.17, 15) is 0 Å². The lowest BCUT2D eigenvalue weighted by Gasteiger charge is -2.06. The molecule has 96 valence electrons. The molecule has 0 spiro atoms. The highest BCUT2D eigenvalue weighted by atomic mass is 35.5. The molecule has 0 saturated carbocycles. The van der Waals surface area contributed by atoms with E-state index in [0.717, 1.165) is 35.6 Å². The van der Waals surface area contributed by atoms with Gasteiger partial charge in [-0.1, -0.05) is 24.9 Å². The molecule has 0 aliphatic heterocycles. The number of aryl methyl sites for hydroxylation is 2. The van der Waals surface area contributed by atoms with Gasteiger partial charge in [-0.25, -0.2) is 9.67 Å². The van der Waals surface area contributed by atoms with E-state index in [1.54, 1.807) is 10.9 Å². The number of pyridine rings is 1. The molecule has 2 heterocycles. The van der Waals surface area contributed by atoms with Gasteiger partial charge in [0, 0.05) is 11.6 Å². The predicted octanol–water partition coefficient (Wildman–Crippen LogP) is 3.92. The van der Waals surface area contributed by atoms with Gasteiger partial charge in [0.25, 0.3) is 0 Å². The second kappa shape index (κ2) is 5.72. The van der Waals surface area contributed by atoms with Gasteiger partial charge in [-0.2, -0.15) is 5.10 Å². The van der Waals surface area contributed by atoms with Crippen molar-refractivity contribution < 1.29 is 0 Å². The highest BCUT2D eigenvalue weighted by molar-refractivity contribution is 6.31. The number of alkyl halides is 1. The Bertz CT molecular complexity index is 530. The molecule has 0 saturated heterocycles. The lowest BCUT2D eigenvalue weighted by Crippen LogP contribution is -2.03. The van der Waals surface area contributed by atoms with Crippen LogP contribution in [0.3, 0.4) is 0 Å². The molecule has 0 aromatic carbocycles. The minimum atomic E-state index is 0.472. The van der Waals surface area contributed by atoms with Crippen molar-refractivity contribution in [1.29, 1.82) is 0 Å². The first-order valence-electron chi connectivity index (χ1n) is 5.92. The molecule has 0 bridgehead atoms. The van der Waals surface area contributed by atoms with Crippen molar-refractivity contribution in [3.05, 3.63) is 40.3 Å². The maximum atomic E-state index is 6.02. The molecule has 0 aliphatic rings. The average molecular weight is 284 g/mol. The normalized spacial score (nSPS) is 10.9. The van der Waals surface area contributed by atoms with Crippen LogP contribution in [-0.2, 0) is 12.3 Å². The molecule has 0 N–H and O–H groups in total. The highest BCUT2D eigenvalue weighted by Gasteiger charge is 2.08. The van der Waals surface area contributed by atoms with Gasteiger partial charge < -0.3 is 0 Å². The maximum absolute atomic E-state index is 6.02. The van der Waals surface area contributed by atoms with Crippen molar-refractivity contribution in [3.63, 3.8) is 0 Å². The third-order valence-corrected chi connectivity index (χ3v) is 3.34. The molecular formula is C13H15Cl2N3. The van der Waals surface area contributed by atoms with E-state index in [1.165, 1.54) is 0 Å². The van der Waals surface area contributed by atoms with Gasteiger partial charge in [0.2, 0.25) is 0 Å². The van der Waals surface area contributed by atoms with Crippen LogP contribution in [0, 0.1) is 6.92 Å². The van der Waals surface area contributed by atoms with E-state index in [4.69, 9.17) is 23.2 Å². The first-order valence-corrected chi connectivity index (χ1v) is 6.83. The van der Waals surface area contributed by atoms with Gasteiger partial charge in [0.05, 0.1) is 16.9 Å². The zero-order valence-corrected chi connectivity index (χ0v) is 12.0. The van der Waals surface area contributed by atoms with E-state index in [2.05, 4.69) is 17.0 Å². The summed E-state index contributed by atoms with van der Waals surface area (Å²) in [4.78, 5) is 4.58. The van der Waals surface area contributed by atoms with Gasteiger partial charge >= 0.3 is 0 Å². The Morgan fingerprint density at radius 1 is 1.33 bits per heavy atom. The van der Waals surface area contributed by atoms with Crippen LogP contribution in [0.15, 0.2) is 18.3 Å². The number of rotatable bonds is 4. The molecule has 2 rings (SSSR count). The van der Waals surface area contributed by atoms with Crippen molar-refractivity contribution in [3.8, 4) is 5.82 Å². The second-order valence-electron chi connectivity index (χ2n) is 4.22. The Balaban J connectivity index is 2.45. The smallest absolute Gasteiger partial charge is 0.153 e. The lowest BCUT2D eigenvalue weighted by atomic mass is 10.2. The molecule has 2 aromatic heterocycles. The Hall–Kier alpha value is -1.06. The summed E-state index contributed by atoms with van der Waals surface area (Å²) < 4.78 is 1.70. The van der Waals surface area contributed by atoms with Crippen molar-refractivity contribution in [2.75, 3.05) is 0 Å². The van der Waals surface area contributed by atoms with Crippen LogP contribution in [0.5, 0.6) is 0 Å². The van der Waals surface area contributed by atoms with Gasteiger partial charge in [-0.15, -0.1) is 11.6 Å². The lowest BCUT2D eigenvalue weighted by molar-refractivity contribution is 0.802. The van der Waals surface area contributed by atoms with Crippen LogP contribution in [-0.4, -0.2) is 14.8 Å². The van der Waals surface area contributed by atoms with E-state index in [1.807, 2.05) is 19.1 Å². The fraction of sp³-hybridized carbons (Fsp3) is 0.385. The Morgan fingerprint density at radius 3 is 2.67 bits per heavy atom. The predicted molar refractivity (Wildman–Crippen MR) is 74.7 cm³/mol. The van der Waals surface area contributed by atoms with Crippen molar-refractivity contribution in [2.45, 2.75) is 32.6 Å². The largest absolute Gasteiger partial charge is 0.234 e. The fourth-order valence-electron chi connectivity index (χ4n) is 1.77. The van der Waals surface area contributed by atoms with Gasteiger partial charge in [-0.3, -0.25) is 0 Å². The molecule has 2 aromatic rings. The Kier molecular flexibility index (Phi) is 4.25. The second-order valence-corrected chi connectivity index (χ2v) is 4.89. The molecule has 0 aliphatic carbocycles. The SMILES string of the molecule is CCCc1cc(CCl)cc(-n2cc(Cl)c(C)n2)n1. The van der Waals surface area contributed by atoms with Crippen LogP contribution in [0.25, 0.3) is 5.82 Å². The molecule has 3 nitrogen and oxygen atoms in total. The maximum Gasteiger partial charge on any atom is 0.153 e. The number of nitrogens with zero attached hydrogens (tertiary/aromatic N) is 3. The Labute approximate surface area is 117 Å².